The van der Waals surface area contributed by atoms with Crippen LogP contribution in [0.2, 0.25) is 0 Å². The Labute approximate surface area is 125 Å². The molecule has 21 heavy (non-hydrogen) atoms. The molecule has 114 valence electrons. The van der Waals surface area contributed by atoms with Gasteiger partial charge in [0.15, 0.2) is 11.5 Å². The van der Waals surface area contributed by atoms with Gasteiger partial charge in [-0.15, -0.1) is 0 Å². The molecule has 5 heteroatoms. The van der Waals surface area contributed by atoms with Gasteiger partial charge in [0.2, 0.25) is 12.7 Å². The minimum absolute atomic E-state index is 0.192. The topological polar surface area (TPSA) is 64.8 Å². The Morgan fingerprint density at radius 2 is 1.95 bits per heavy atom. The lowest BCUT2D eigenvalue weighted by molar-refractivity contribution is -0.132. The molecule has 0 aliphatic carbocycles. The van der Waals surface area contributed by atoms with Crippen molar-refractivity contribution in [1.29, 1.82) is 0 Å². The standard InChI is InChI=1S/C16H22N2O3/c17-13(10-18-8-4-2-1-3-5-16(18)19)12-6-7-14-15(9-12)21-11-20-14/h6-7,9,13H,1-5,8,10-11,17H2. The van der Waals surface area contributed by atoms with Crippen molar-refractivity contribution >= 4 is 5.91 Å². The van der Waals surface area contributed by atoms with Gasteiger partial charge in [0.25, 0.3) is 0 Å². The van der Waals surface area contributed by atoms with Crippen LogP contribution in [-0.4, -0.2) is 30.7 Å². The molecule has 0 bridgehead atoms. The van der Waals surface area contributed by atoms with Gasteiger partial charge < -0.3 is 20.1 Å². The lowest BCUT2D eigenvalue weighted by atomic mass is 10.0. The van der Waals surface area contributed by atoms with Crippen LogP contribution >= 0.6 is 0 Å². The molecule has 0 spiro atoms. The quantitative estimate of drug-likeness (QED) is 0.927. The first kappa shape index (κ1) is 14.2. The van der Waals surface area contributed by atoms with Gasteiger partial charge in [0.05, 0.1) is 0 Å². The second kappa shape index (κ2) is 6.35. The van der Waals surface area contributed by atoms with Crippen LogP contribution in [0, 0.1) is 0 Å². The Bertz CT molecular complexity index is 518. The average molecular weight is 290 g/mol. The van der Waals surface area contributed by atoms with E-state index in [9.17, 15) is 4.79 Å². The SMILES string of the molecule is NC(CN1CCCCCCC1=O)c1ccc2c(c1)OCO2. The summed E-state index contributed by atoms with van der Waals surface area (Å²) in [5, 5.41) is 0. The maximum absolute atomic E-state index is 12.1. The molecule has 2 aliphatic heterocycles. The zero-order chi connectivity index (χ0) is 14.7. The van der Waals surface area contributed by atoms with Crippen LogP contribution < -0.4 is 15.2 Å². The molecule has 1 atom stereocenters. The van der Waals surface area contributed by atoms with Gasteiger partial charge in [-0.3, -0.25) is 4.79 Å². The van der Waals surface area contributed by atoms with Gasteiger partial charge in [0.1, 0.15) is 0 Å². The number of carbonyl (C=O) groups excluding carboxylic acids is 1. The molecule has 1 unspecified atom stereocenters. The molecule has 1 aromatic carbocycles. The summed E-state index contributed by atoms with van der Waals surface area (Å²) in [5.41, 5.74) is 7.26. The minimum Gasteiger partial charge on any atom is -0.454 e. The first-order valence-corrected chi connectivity index (χ1v) is 7.67. The Balaban J connectivity index is 1.67. The highest BCUT2D eigenvalue weighted by atomic mass is 16.7. The van der Waals surface area contributed by atoms with Crippen LogP contribution in [-0.2, 0) is 4.79 Å². The van der Waals surface area contributed by atoms with E-state index in [0.717, 1.165) is 42.9 Å². The molecule has 1 saturated heterocycles. The molecular formula is C16H22N2O3. The van der Waals surface area contributed by atoms with E-state index in [1.54, 1.807) is 0 Å². The number of fused-ring (bicyclic) bond motifs is 1. The van der Waals surface area contributed by atoms with Crippen molar-refractivity contribution in [3.8, 4) is 11.5 Å². The van der Waals surface area contributed by atoms with Crippen molar-refractivity contribution in [3.63, 3.8) is 0 Å². The van der Waals surface area contributed by atoms with Crippen LogP contribution in [0.25, 0.3) is 0 Å². The first-order valence-electron chi connectivity index (χ1n) is 7.67. The predicted octanol–water partition coefficient (Wildman–Crippen LogP) is 2.21. The van der Waals surface area contributed by atoms with Crippen LogP contribution in [0.5, 0.6) is 11.5 Å². The summed E-state index contributed by atoms with van der Waals surface area (Å²) < 4.78 is 10.7. The van der Waals surface area contributed by atoms with E-state index in [1.165, 1.54) is 6.42 Å². The van der Waals surface area contributed by atoms with E-state index >= 15 is 0 Å². The third-order valence-corrected chi connectivity index (χ3v) is 4.16. The summed E-state index contributed by atoms with van der Waals surface area (Å²) in [6.07, 6.45) is 5.07. The summed E-state index contributed by atoms with van der Waals surface area (Å²) in [4.78, 5) is 14.1. The monoisotopic (exact) mass is 290 g/mol. The molecule has 2 heterocycles. The smallest absolute Gasteiger partial charge is 0.231 e. The van der Waals surface area contributed by atoms with Crippen LogP contribution in [0.15, 0.2) is 18.2 Å². The Hall–Kier alpha value is -1.75. The summed E-state index contributed by atoms with van der Waals surface area (Å²) in [7, 11) is 0. The lowest BCUT2D eigenvalue weighted by Gasteiger charge is -2.27. The van der Waals surface area contributed by atoms with Crippen molar-refractivity contribution in [1.82, 2.24) is 4.90 Å². The molecule has 0 saturated carbocycles. The zero-order valence-corrected chi connectivity index (χ0v) is 12.2. The highest BCUT2D eigenvalue weighted by Gasteiger charge is 2.21. The summed E-state index contributed by atoms with van der Waals surface area (Å²) in [6, 6.07) is 5.56. The van der Waals surface area contributed by atoms with E-state index in [4.69, 9.17) is 15.2 Å². The summed E-state index contributed by atoms with van der Waals surface area (Å²) in [5.74, 6) is 1.72. The van der Waals surface area contributed by atoms with E-state index in [1.807, 2.05) is 23.1 Å². The van der Waals surface area contributed by atoms with Crippen molar-refractivity contribution in [2.45, 2.75) is 38.1 Å². The predicted molar refractivity (Wildman–Crippen MR) is 79.2 cm³/mol. The van der Waals surface area contributed by atoms with Gasteiger partial charge in [-0.25, -0.2) is 0 Å². The summed E-state index contributed by atoms with van der Waals surface area (Å²) in [6.45, 7) is 1.65. The maximum atomic E-state index is 12.1. The van der Waals surface area contributed by atoms with Crippen molar-refractivity contribution in [3.05, 3.63) is 23.8 Å². The third kappa shape index (κ3) is 3.29. The number of hydrogen-bond donors (Lipinski definition) is 1. The fourth-order valence-corrected chi connectivity index (χ4v) is 2.89. The number of nitrogens with zero attached hydrogens (tertiary/aromatic N) is 1. The number of benzene rings is 1. The molecule has 5 nitrogen and oxygen atoms in total. The highest BCUT2D eigenvalue weighted by Crippen LogP contribution is 2.34. The van der Waals surface area contributed by atoms with Gasteiger partial charge in [-0.1, -0.05) is 18.9 Å². The number of rotatable bonds is 3. The highest BCUT2D eigenvalue weighted by molar-refractivity contribution is 5.76. The molecular weight excluding hydrogens is 268 g/mol. The second-order valence-corrected chi connectivity index (χ2v) is 5.72. The average Bonchev–Trinajstić information content (AvgIpc) is 2.94. The minimum atomic E-state index is -0.192. The number of ether oxygens (including phenoxy) is 2. The molecule has 1 amide bonds. The normalized spacial score (nSPS) is 20.0. The molecule has 0 aromatic heterocycles. The van der Waals surface area contributed by atoms with Crippen LogP contribution in [0.4, 0.5) is 0 Å². The second-order valence-electron chi connectivity index (χ2n) is 5.72. The maximum Gasteiger partial charge on any atom is 0.231 e. The van der Waals surface area contributed by atoms with Crippen LogP contribution in [0.3, 0.4) is 0 Å². The summed E-state index contributed by atoms with van der Waals surface area (Å²) >= 11 is 0. The first-order chi connectivity index (χ1) is 10.2. The van der Waals surface area contributed by atoms with E-state index in [0.29, 0.717) is 13.0 Å². The van der Waals surface area contributed by atoms with Crippen molar-refractivity contribution < 1.29 is 14.3 Å². The zero-order valence-electron chi connectivity index (χ0n) is 12.2. The van der Waals surface area contributed by atoms with Crippen LogP contribution in [0.1, 0.15) is 43.7 Å². The van der Waals surface area contributed by atoms with E-state index in [-0.39, 0.29) is 18.7 Å². The number of carbonyl (C=O) groups is 1. The van der Waals surface area contributed by atoms with Gasteiger partial charge in [-0.2, -0.15) is 0 Å². The molecule has 1 aromatic rings. The van der Waals surface area contributed by atoms with Crippen molar-refractivity contribution in [2.24, 2.45) is 5.73 Å². The third-order valence-electron chi connectivity index (χ3n) is 4.16. The number of hydrogen-bond acceptors (Lipinski definition) is 4. The fourth-order valence-electron chi connectivity index (χ4n) is 2.89. The molecule has 3 rings (SSSR count). The van der Waals surface area contributed by atoms with Gasteiger partial charge >= 0.3 is 0 Å². The fraction of sp³-hybridized carbons (Fsp3) is 0.562. The number of nitrogens with two attached hydrogens (primary N) is 1. The van der Waals surface area contributed by atoms with E-state index < -0.39 is 0 Å². The molecule has 2 N–H and O–H groups in total. The largest absolute Gasteiger partial charge is 0.454 e. The number of amides is 1. The number of likely N-dealkylation sites (tertiary alicyclic amines) is 1. The van der Waals surface area contributed by atoms with E-state index in [2.05, 4.69) is 0 Å². The Kier molecular flexibility index (Phi) is 4.29. The van der Waals surface area contributed by atoms with Gasteiger partial charge in [-0.05, 0) is 30.5 Å². The van der Waals surface area contributed by atoms with Gasteiger partial charge in [0, 0.05) is 25.6 Å². The molecule has 1 fully saturated rings. The molecule has 2 aliphatic rings. The lowest BCUT2D eigenvalue weighted by Crippen LogP contribution is -2.38. The molecule has 0 radical (unpaired) electrons. The Morgan fingerprint density at radius 3 is 2.86 bits per heavy atom. The van der Waals surface area contributed by atoms with Crippen molar-refractivity contribution in [2.75, 3.05) is 19.9 Å². The Morgan fingerprint density at radius 1 is 1.14 bits per heavy atom.